The largest absolute Gasteiger partial charge is 0.319 e. The molecule has 0 radical (unpaired) electrons. The maximum atomic E-state index is 12.0. The highest BCUT2D eigenvalue weighted by Gasteiger charge is 2.09. The number of benzene rings is 2. The predicted octanol–water partition coefficient (Wildman–Crippen LogP) is 3.16. The topological polar surface area (TPSA) is 59.3 Å². The van der Waals surface area contributed by atoms with E-state index in [1.54, 1.807) is 12.3 Å². The zero-order valence-electron chi connectivity index (χ0n) is 13.4. The monoisotopic (exact) mass is 318 g/mol. The maximum Gasteiger partial charge on any atom is 0.260 e. The molecule has 24 heavy (non-hydrogen) atoms. The van der Waals surface area contributed by atoms with Crippen molar-refractivity contribution in [2.24, 2.45) is 5.10 Å². The first kappa shape index (κ1) is 15.7. The number of rotatable bonds is 5. The zero-order valence-corrected chi connectivity index (χ0v) is 13.4. The van der Waals surface area contributed by atoms with Gasteiger partial charge in [0.1, 0.15) is 12.4 Å². The van der Waals surface area contributed by atoms with Crippen LogP contribution in [0.25, 0.3) is 17.1 Å². The molecule has 1 amide bonds. The first-order chi connectivity index (χ1) is 11.7. The van der Waals surface area contributed by atoms with Crippen LogP contribution in [0.1, 0.15) is 11.4 Å². The summed E-state index contributed by atoms with van der Waals surface area (Å²) in [6.45, 7) is 2.07. The normalized spacial score (nSPS) is 11.5. The van der Waals surface area contributed by atoms with Crippen molar-refractivity contribution < 1.29 is 4.79 Å². The van der Waals surface area contributed by atoms with Gasteiger partial charge in [-0.05, 0) is 30.7 Å². The lowest BCUT2D eigenvalue weighted by atomic mass is 10.2. The number of para-hydroxylation sites is 2. The van der Waals surface area contributed by atoms with Gasteiger partial charge in [-0.1, -0.05) is 48.5 Å². The molecule has 0 aliphatic rings. The Labute approximate surface area is 140 Å². The van der Waals surface area contributed by atoms with Gasteiger partial charge in [-0.15, -0.1) is 0 Å². The fourth-order valence-corrected chi connectivity index (χ4v) is 2.45. The number of carbonyl (C=O) groups is 1. The Kier molecular flexibility index (Phi) is 4.81. The van der Waals surface area contributed by atoms with E-state index in [1.165, 1.54) is 0 Å². The quantitative estimate of drug-likeness (QED) is 0.580. The minimum Gasteiger partial charge on any atom is -0.319 e. The molecule has 0 atom stereocenters. The average Bonchev–Trinajstić information content (AvgIpc) is 2.91. The zero-order chi connectivity index (χ0) is 16.8. The summed E-state index contributed by atoms with van der Waals surface area (Å²) in [5.41, 5.74) is 5.44. The van der Waals surface area contributed by atoms with E-state index in [9.17, 15) is 4.79 Å². The highest BCUT2D eigenvalue weighted by atomic mass is 16.2. The molecule has 2 aromatic carbocycles. The van der Waals surface area contributed by atoms with Gasteiger partial charge in [0.25, 0.3) is 5.91 Å². The number of amides is 1. The van der Waals surface area contributed by atoms with Crippen molar-refractivity contribution >= 4 is 29.2 Å². The lowest BCUT2D eigenvalue weighted by Crippen LogP contribution is -2.23. The van der Waals surface area contributed by atoms with Crippen LogP contribution in [0.2, 0.25) is 0 Å². The molecule has 1 aromatic heterocycles. The van der Waals surface area contributed by atoms with Crippen LogP contribution in [-0.4, -0.2) is 21.7 Å². The fourth-order valence-electron chi connectivity index (χ4n) is 2.45. The van der Waals surface area contributed by atoms with Crippen LogP contribution in [-0.2, 0) is 11.3 Å². The van der Waals surface area contributed by atoms with Crippen molar-refractivity contribution in [1.29, 1.82) is 0 Å². The molecule has 0 unspecified atom stereocenters. The van der Waals surface area contributed by atoms with E-state index in [0.717, 1.165) is 22.4 Å². The molecule has 3 aromatic rings. The molecule has 5 heteroatoms. The first-order valence-corrected chi connectivity index (χ1v) is 7.69. The van der Waals surface area contributed by atoms with Gasteiger partial charge in [0, 0.05) is 6.21 Å². The van der Waals surface area contributed by atoms with Gasteiger partial charge in [0.15, 0.2) is 0 Å². The summed E-state index contributed by atoms with van der Waals surface area (Å²) in [6, 6.07) is 17.6. The van der Waals surface area contributed by atoms with Gasteiger partial charge in [0.2, 0.25) is 0 Å². The summed E-state index contributed by atoms with van der Waals surface area (Å²) in [4.78, 5) is 16.5. The van der Waals surface area contributed by atoms with Crippen molar-refractivity contribution in [3.05, 3.63) is 72.1 Å². The number of fused-ring (bicyclic) bond motifs is 1. The van der Waals surface area contributed by atoms with Crippen LogP contribution in [0, 0.1) is 6.92 Å². The van der Waals surface area contributed by atoms with Gasteiger partial charge < -0.3 is 4.57 Å². The highest BCUT2D eigenvalue weighted by molar-refractivity contribution is 5.83. The molecule has 0 saturated carbocycles. The SMILES string of the molecule is Cc1nc2ccccc2n1CC(=O)NN=C/C=C/c1ccccc1. The third-order valence-electron chi connectivity index (χ3n) is 3.59. The van der Waals surface area contributed by atoms with E-state index in [4.69, 9.17) is 0 Å². The second-order valence-electron chi connectivity index (χ2n) is 5.32. The third-order valence-corrected chi connectivity index (χ3v) is 3.59. The van der Waals surface area contributed by atoms with Crippen molar-refractivity contribution in [3.8, 4) is 0 Å². The van der Waals surface area contributed by atoms with E-state index < -0.39 is 0 Å². The molecule has 3 rings (SSSR count). The number of aromatic nitrogens is 2. The first-order valence-electron chi connectivity index (χ1n) is 7.69. The van der Waals surface area contributed by atoms with Crippen molar-refractivity contribution in [1.82, 2.24) is 15.0 Å². The standard InChI is InChI=1S/C19H18N4O/c1-15-21-17-11-5-6-12-18(17)23(15)14-19(24)22-20-13-7-10-16-8-3-2-4-9-16/h2-13H,14H2,1H3,(H,22,24)/b10-7+,20-13?. The number of allylic oxidation sites excluding steroid dienone is 1. The van der Waals surface area contributed by atoms with E-state index >= 15 is 0 Å². The number of hydrogen-bond donors (Lipinski definition) is 1. The van der Waals surface area contributed by atoms with Crippen molar-refractivity contribution in [2.75, 3.05) is 0 Å². The van der Waals surface area contributed by atoms with E-state index in [-0.39, 0.29) is 12.5 Å². The second kappa shape index (κ2) is 7.37. The number of carbonyl (C=O) groups excluding carboxylic acids is 1. The third kappa shape index (κ3) is 3.76. The summed E-state index contributed by atoms with van der Waals surface area (Å²) < 4.78 is 1.87. The molecule has 0 aliphatic heterocycles. The van der Waals surface area contributed by atoms with Crippen molar-refractivity contribution in [2.45, 2.75) is 13.5 Å². The summed E-state index contributed by atoms with van der Waals surface area (Å²) in [6.07, 6.45) is 5.26. The second-order valence-corrected chi connectivity index (χ2v) is 5.32. The summed E-state index contributed by atoms with van der Waals surface area (Å²) in [5, 5.41) is 3.93. The molecule has 0 saturated heterocycles. The Balaban J connectivity index is 1.58. The van der Waals surface area contributed by atoms with E-state index in [0.29, 0.717) is 0 Å². The van der Waals surface area contributed by atoms with Crippen LogP contribution < -0.4 is 5.43 Å². The average molecular weight is 318 g/mol. The van der Waals surface area contributed by atoms with Gasteiger partial charge in [0.05, 0.1) is 11.0 Å². The van der Waals surface area contributed by atoms with Gasteiger partial charge in [-0.25, -0.2) is 10.4 Å². The predicted molar refractivity (Wildman–Crippen MR) is 96.6 cm³/mol. The number of hydrogen-bond acceptors (Lipinski definition) is 3. The Hall–Kier alpha value is -3.21. The molecule has 1 N–H and O–H groups in total. The molecule has 1 heterocycles. The maximum absolute atomic E-state index is 12.0. The van der Waals surface area contributed by atoms with Gasteiger partial charge in [-0.3, -0.25) is 4.79 Å². The van der Waals surface area contributed by atoms with Gasteiger partial charge in [-0.2, -0.15) is 5.10 Å². The minimum atomic E-state index is -0.189. The Bertz CT molecular complexity index is 894. The van der Waals surface area contributed by atoms with Crippen LogP contribution in [0.4, 0.5) is 0 Å². The summed E-state index contributed by atoms with van der Waals surface area (Å²) in [5.74, 6) is 0.616. The Morgan fingerprint density at radius 3 is 2.75 bits per heavy atom. The number of nitrogens with one attached hydrogen (secondary N) is 1. The van der Waals surface area contributed by atoms with E-state index in [2.05, 4.69) is 15.5 Å². The molecular formula is C19H18N4O. The molecule has 0 spiro atoms. The van der Waals surface area contributed by atoms with Crippen molar-refractivity contribution in [3.63, 3.8) is 0 Å². The number of imidazole rings is 1. The number of nitrogens with zero attached hydrogens (tertiary/aromatic N) is 3. The fraction of sp³-hybridized carbons (Fsp3) is 0.105. The van der Waals surface area contributed by atoms with Gasteiger partial charge >= 0.3 is 0 Å². The van der Waals surface area contributed by atoms with Crippen LogP contribution in [0.15, 0.2) is 65.8 Å². The molecular weight excluding hydrogens is 300 g/mol. The molecule has 0 aliphatic carbocycles. The molecule has 0 fully saturated rings. The highest BCUT2D eigenvalue weighted by Crippen LogP contribution is 2.14. The minimum absolute atomic E-state index is 0.187. The molecule has 120 valence electrons. The Morgan fingerprint density at radius 1 is 1.17 bits per heavy atom. The number of hydrazone groups is 1. The smallest absolute Gasteiger partial charge is 0.260 e. The number of aryl methyl sites for hydroxylation is 1. The molecule has 0 bridgehead atoms. The lowest BCUT2D eigenvalue weighted by molar-refractivity contribution is -0.121. The molecule has 5 nitrogen and oxygen atoms in total. The lowest BCUT2D eigenvalue weighted by Gasteiger charge is -2.05. The van der Waals surface area contributed by atoms with E-state index in [1.807, 2.05) is 72.2 Å². The van der Waals surface area contributed by atoms with Crippen LogP contribution in [0.5, 0.6) is 0 Å². The van der Waals surface area contributed by atoms with Crippen LogP contribution in [0.3, 0.4) is 0 Å². The summed E-state index contributed by atoms with van der Waals surface area (Å²) >= 11 is 0. The van der Waals surface area contributed by atoms with Crippen LogP contribution >= 0.6 is 0 Å². The summed E-state index contributed by atoms with van der Waals surface area (Å²) in [7, 11) is 0. The Morgan fingerprint density at radius 2 is 1.92 bits per heavy atom.